The fourth-order valence-corrected chi connectivity index (χ4v) is 8.92. The van der Waals surface area contributed by atoms with Crippen LogP contribution in [0.15, 0.2) is 48.5 Å². The van der Waals surface area contributed by atoms with E-state index in [9.17, 15) is 18.0 Å². The topological polar surface area (TPSA) is 96.0 Å². The van der Waals surface area contributed by atoms with Crippen LogP contribution in [0, 0.1) is 17.8 Å². The maximum Gasteiger partial charge on any atom is 0.244 e. The van der Waals surface area contributed by atoms with Crippen molar-refractivity contribution < 1.29 is 22.7 Å². The van der Waals surface area contributed by atoms with Gasteiger partial charge in [-0.3, -0.25) is 13.9 Å². The predicted molar refractivity (Wildman–Crippen MR) is 160 cm³/mol. The second-order valence-electron chi connectivity index (χ2n) is 12.4. The van der Waals surface area contributed by atoms with Gasteiger partial charge in [-0.15, -0.1) is 0 Å². The zero-order valence-corrected chi connectivity index (χ0v) is 25.5. The molecule has 0 saturated heterocycles. The molecule has 0 spiro atoms. The van der Waals surface area contributed by atoms with E-state index in [1.165, 1.54) is 56.0 Å². The van der Waals surface area contributed by atoms with Crippen LogP contribution < -0.4 is 14.4 Å². The van der Waals surface area contributed by atoms with Crippen molar-refractivity contribution in [1.29, 1.82) is 0 Å². The monoisotopic (exact) mass is 581 g/mol. The Morgan fingerprint density at radius 1 is 0.976 bits per heavy atom. The highest BCUT2D eigenvalue weighted by molar-refractivity contribution is 7.92. The number of carbonyl (C=O) groups excluding carboxylic acids is 2. The van der Waals surface area contributed by atoms with Crippen LogP contribution in [0.4, 0.5) is 5.69 Å². The van der Waals surface area contributed by atoms with E-state index < -0.39 is 22.0 Å². The molecule has 2 amide bonds. The van der Waals surface area contributed by atoms with Gasteiger partial charge >= 0.3 is 0 Å². The molecule has 0 aromatic heterocycles. The molecule has 4 fully saturated rings. The third-order valence-electron chi connectivity index (χ3n) is 9.63. The molecule has 6 rings (SSSR count). The number of ether oxygens (including phenoxy) is 1. The molecular formula is C32H43N3O5S. The summed E-state index contributed by atoms with van der Waals surface area (Å²) in [6.07, 6.45) is 9.28. The summed E-state index contributed by atoms with van der Waals surface area (Å²) in [6, 6.07) is 14.4. The molecular weight excluding hydrogens is 538 g/mol. The summed E-state index contributed by atoms with van der Waals surface area (Å²) in [4.78, 5) is 28.1. The lowest BCUT2D eigenvalue weighted by atomic mass is 9.48. The number of nitrogens with one attached hydrogen (secondary N) is 1. The molecule has 0 heterocycles. The fourth-order valence-electron chi connectivity index (χ4n) is 8.07. The van der Waals surface area contributed by atoms with Gasteiger partial charge in [0.05, 0.1) is 19.1 Å². The molecule has 0 aliphatic heterocycles. The first-order valence-electron chi connectivity index (χ1n) is 14.8. The first-order valence-corrected chi connectivity index (χ1v) is 16.6. The average Bonchev–Trinajstić information content (AvgIpc) is 2.94. The summed E-state index contributed by atoms with van der Waals surface area (Å²) in [5.41, 5.74) is 2.78. The summed E-state index contributed by atoms with van der Waals surface area (Å²) in [7, 11) is -0.656. The van der Waals surface area contributed by atoms with Crippen LogP contribution >= 0.6 is 0 Å². The van der Waals surface area contributed by atoms with Crippen LogP contribution in [-0.2, 0) is 31.6 Å². The van der Waals surface area contributed by atoms with Crippen molar-refractivity contribution in [3.05, 3.63) is 59.7 Å². The Hall–Kier alpha value is -3.07. The number of methoxy groups -OCH3 is 1. The number of hydrogen-bond donors (Lipinski definition) is 1. The molecule has 1 N–H and O–H groups in total. The van der Waals surface area contributed by atoms with Crippen molar-refractivity contribution in [2.45, 2.75) is 69.9 Å². The summed E-state index contributed by atoms with van der Waals surface area (Å²) >= 11 is 0. The SMILES string of the molecule is CC[C@H](C(=O)NC)N(Cc1ccc(OC)cc1)C(=O)CN(c1ccc(C23CC4CC(CC(C4)C2)C3)cc1)S(C)(=O)=O. The van der Waals surface area contributed by atoms with Gasteiger partial charge in [-0.1, -0.05) is 31.2 Å². The quantitative estimate of drug-likeness (QED) is 0.422. The van der Waals surface area contributed by atoms with Crippen LogP contribution in [-0.4, -0.2) is 58.1 Å². The van der Waals surface area contributed by atoms with Gasteiger partial charge in [0, 0.05) is 13.6 Å². The minimum absolute atomic E-state index is 0.164. The van der Waals surface area contributed by atoms with Gasteiger partial charge in [-0.2, -0.15) is 0 Å². The lowest BCUT2D eigenvalue weighted by Gasteiger charge is -2.57. The third kappa shape index (κ3) is 6.10. The molecule has 4 bridgehead atoms. The predicted octanol–water partition coefficient (Wildman–Crippen LogP) is 4.48. The second-order valence-corrected chi connectivity index (χ2v) is 14.3. The van der Waals surface area contributed by atoms with Crippen molar-refractivity contribution in [2.75, 3.05) is 31.3 Å². The Labute approximate surface area is 244 Å². The van der Waals surface area contributed by atoms with Crippen LogP contribution in [0.3, 0.4) is 0 Å². The van der Waals surface area contributed by atoms with Crippen LogP contribution in [0.5, 0.6) is 5.75 Å². The highest BCUT2D eigenvalue weighted by atomic mass is 32.2. The van der Waals surface area contributed by atoms with Crippen LogP contribution in [0.2, 0.25) is 0 Å². The van der Waals surface area contributed by atoms with Gasteiger partial charge in [0.1, 0.15) is 18.3 Å². The van der Waals surface area contributed by atoms with Gasteiger partial charge < -0.3 is 15.0 Å². The number of benzene rings is 2. The van der Waals surface area contributed by atoms with Crippen molar-refractivity contribution in [2.24, 2.45) is 17.8 Å². The number of hydrogen-bond acceptors (Lipinski definition) is 5. The third-order valence-corrected chi connectivity index (χ3v) is 10.8. The molecule has 4 aliphatic carbocycles. The van der Waals surface area contributed by atoms with Crippen molar-refractivity contribution >= 4 is 27.5 Å². The van der Waals surface area contributed by atoms with Crippen molar-refractivity contribution in [3.8, 4) is 5.75 Å². The zero-order chi connectivity index (χ0) is 29.4. The number of nitrogens with zero attached hydrogens (tertiary/aromatic N) is 2. The minimum atomic E-state index is -3.78. The zero-order valence-electron chi connectivity index (χ0n) is 24.6. The summed E-state index contributed by atoms with van der Waals surface area (Å²) in [5, 5.41) is 2.65. The summed E-state index contributed by atoms with van der Waals surface area (Å²) in [5.74, 6) is 2.40. The molecule has 222 valence electrons. The van der Waals surface area contributed by atoms with Crippen LogP contribution in [0.1, 0.15) is 63.0 Å². The van der Waals surface area contributed by atoms with Gasteiger partial charge in [0.15, 0.2) is 0 Å². The molecule has 0 radical (unpaired) electrons. The number of sulfonamides is 1. The van der Waals surface area contributed by atoms with E-state index in [0.717, 1.165) is 33.9 Å². The second kappa shape index (κ2) is 11.7. The van der Waals surface area contributed by atoms with E-state index >= 15 is 0 Å². The minimum Gasteiger partial charge on any atom is -0.497 e. The average molecular weight is 582 g/mol. The Kier molecular flexibility index (Phi) is 8.37. The summed E-state index contributed by atoms with van der Waals surface area (Å²) in [6.45, 7) is 1.61. The molecule has 9 heteroatoms. The van der Waals surface area contributed by atoms with Crippen molar-refractivity contribution in [1.82, 2.24) is 10.2 Å². The number of anilines is 1. The van der Waals surface area contributed by atoms with Gasteiger partial charge in [0.25, 0.3) is 0 Å². The van der Waals surface area contributed by atoms with Gasteiger partial charge in [-0.05, 0) is 104 Å². The molecule has 0 unspecified atom stereocenters. The molecule has 1 atom stereocenters. The smallest absolute Gasteiger partial charge is 0.244 e. The first-order chi connectivity index (χ1) is 19.5. The maximum absolute atomic E-state index is 13.8. The van der Waals surface area contributed by atoms with E-state index in [4.69, 9.17) is 4.74 Å². The number of carbonyl (C=O) groups is 2. The summed E-state index contributed by atoms with van der Waals surface area (Å²) < 4.78 is 32.4. The molecule has 2 aromatic carbocycles. The van der Waals surface area contributed by atoms with Gasteiger partial charge in [0.2, 0.25) is 21.8 Å². The first kappa shape index (κ1) is 29.4. The molecule has 8 nitrogen and oxygen atoms in total. The largest absolute Gasteiger partial charge is 0.497 e. The van der Waals surface area contributed by atoms with E-state index in [1.54, 1.807) is 19.2 Å². The Morgan fingerprint density at radius 3 is 2.00 bits per heavy atom. The van der Waals surface area contributed by atoms with E-state index in [-0.39, 0.29) is 24.4 Å². The van der Waals surface area contributed by atoms with Crippen molar-refractivity contribution in [3.63, 3.8) is 0 Å². The highest BCUT2D eigenvalue weighted by Gasteiger charge is 2.51. The molecule has 4 aliphatic rings. The van der Waals surface area contributed by atoms with Crippen LogP contribution in [0.25, 0.3) is 0 Å². The number of likely N-dealkylation sites (N-methyl/N-ethyl adjacent to an activating group) is 1. The maximum atomic E-state index is 13.8. The molecule has 2 aromatic rings. The Morgan fingerprint density at radius 2 is 1.54 bits per heavy atom. The van der Waals surface area contributed by atoms with Gasteiger partial charge in [-0.25, -0.2) is 8.42 Å². The standard InChI is InChI=1S/C32H43N3O5S/c1-5-29(31(37)33-2)34(20-22-6-12-28(40-3)13-7-22)30(36)21-35(41(4,38)39)27-10-8-26(9-11-27)32-17-23-14-24(18-32)16-25(15-23)19-32/h6-13,23-25,29H,5,14-21H2,1-4H3,(H,33,37)/t23?,24?,25?,29-,32?/m1/s1. The van der Waals surface area contributed by atoms with E-state index in [1.807, 2.05) is 31.2 Å². The number of rotatable bonds is 11. The molecule has 4 saturated carbocycles. The molecule has 41 heavy (non-hydrogen) atoms. The Bertz CT molecular complexity index is 1320. The number of amides is 2. The lowest BCUT2D eigenvalue weighted by molar-refractivity contribution is -0.140. The highest BCUT2D eigenvalue weighted by Crippen LogP contribution is 2.60. The lowest BCUT2D eigenvalue weighted by Crippen LogP contribution is -2.51. The van der Waals surface area contributed by atoms with E-state index in [0.29, 0.717) is 17.9 Å². The van der Waals surface area contributed by atoms with E-state index in [2.05, 4.69) is 17.4 Å². The fraction of sp³-hybridized carbons (Fsp3) is 0.562. The normalized spacial score (nSPS) is 25.4. The Balaban J connectivity index is 1.39.